The minimum absolute atomic E-state index is 0.0735. The van der Waals surface area contributed by atoms with Gasteiger partial charge in [0.15, 0.2) is 0 Å². The van der Waals surface area contributed by atoms with Gasteiger partial charge in [-0.05, 0) is 50.6 Å². The van der Waals surface area contributed by atoms with Crippen molar-refractivity contribution in [3.8, 4) is 17.2 Å². The van der Waals surface area contributed by atoms with E-state index in [1.165, 1.54) is 4.68 Å². The lowest BCUT2D eigenvalue weighted by molar-refractivity contribution is 0.295. The van der Waals surface area contributed by atoms with Crippen LogP contribution >= 0.6 is 0 Å². The highest BCUT2D eigenvalue weighted by atomic mass is 32.2. The molecule has 1 aromatic heterocycles. The molecule has 186 valence electrons. The van der Waals surface area contributed by atoms with Crippen molar-refractivity contribution >= 4 is 17.0 Å². The van der Waals surface area contributed by atoms with Crippen LogP contribution in [0, 0.1) is 0 Å². The highest BCUT2D eigenvalue weighted by Crippen LogP contribution is 2.27. The van der Waals surface area contributed by atoms with Crippen LogP contribution in [-0.4, -0.2) is 56.7 Å². The van der Waals surface area contributed by atoms with Crippen molar-refractivity contribution in [3.05, 3.63) is 76.7 Å². The molecule has 1 saturated heterocycles. The van der Waals surface area contributed by atoms with Crippen molar-refractivity contribution in [1.82, 2.24) is 14.1 Å². The molecule has 0 radical (unpaired) electrons. The van der Waals surface area contributed by atoms with E-state index in [9.17, 15) is 9.35 Å². The van der Waals surface area contributed by atoms with Gasteiger partial charge in [0.05, 0.1) is 31.6 Å². The predicted molar refractivity (Wildman–Crippen MR) is 139 cm³/mol. The molecule has 4 rings (SSSR count). The van der Waals surface area contributed by atoms with E-state index in [1.54, 1.807) is 6.20 Å². The average molecular weight is 497 g/mol. The Morgan fingerprint density at radius 2 is 1.77 bits per heavy atom. The lowest BCUT2D eigenvalue weighted by atomic mass is 10.2. The first kappa shape index (κ1) is 25.1. The Bertz CT molecular complexity index is 1160. The number of anilines is 1. The minimum atomic E-state index is -1.02. The third-order valence-corrected chi connectivity index (χ3v) is 7.43. The Morgan fingerprint density at radius 1 is 1.03 bits per heavy atom. The van der Waals surface area contributed by atoms with E-state index >= 15 is 0 Å². The molecular weight excluding hydrogens is 464 g/mol. The summed E-state index contributed by atoms with van der Waals surface area (Å²) < 4.78 is 27.6. The molecule has 9 heteroatoms. The molecule has 0 aliphatic carbocycles. The molecule has 2 aromatic carbocycles. The molecule has 0 N–H and O–H groups in total. The van der Waals surface area contributed by atoms with Crippen LogP contribution in [-0.2, 0) is 18.0 Å². The standard InChI is InChI=1S/C26H32N4O4S/c1-4-33-23-12-8-9-21(17-23)19-34-25-24(28-13-15-29(16-14-28)35(32)20(2)3)18-27-30(26(25)31)22-10-6-5-7-11-22/h5-12,17-18,20H,4,13-16,19H2,1-3H3. The number of para-hydroxylation sites is 1. The van der Waals surface area contributed by atoms with E-state index in [4.69, 9.17) is 9.47 Å². The number of nitrogens with zero attached hydrogens (tertiary/aromatic N) is 4. The van der Waals surface area contributed by atoms with Crippen molar-refractivity contribution in [2.75, 3.05) is 37.7 Å². The Hall–Kier alpha value is -3.01. The Kier molecular flexibility index (Phi) is 8.33. The highest BCUT2D eigenvalue weighted by molar-refractivity contribution is 7.89. The molecule has 0 spiro atoms. The number of hydrogen-bond donors (Lipinski definition) is 0. The first-order valence-electron chi connectivity index (χ1n) is 11.9. The third kappa shape index (κ3) is 5.98. The maximum absolute atomic E-state index is 13.6. The summed E-state index contributed by atoms with van der Waals surface area (Å²) in [5.74, 6) is 1.02. The molecule has 0 amide bonds. The van der Waals surface area contributed by atoms with Crippen LogP contribution < -0.4 is 19.9 Å². The van der Waals surface area contributed by atoms with E-state index < -0.39 is 11.4 Å². The quantitative estimate of drug-likeness (QED) is 0.420. The maximum Gasteiger partial charge on any atom is 0.316 e. The monoisotopic (exact) mass is 496 g/mol. The molecule has 8 nitrogen and oxygen atoms in total. The van der Waals surface area contributed by atoms with Crippen LogP contribution in [0.4, 0.5) is 5.69 Å². The van der Waals surface area contributed by atoms with Crippen molar-refractivity contribution in [1.29, 1.82) is 0 Å². The second-order valence-corrected chi connectivity index (χ2v) is 10.5. The molecule has 1 unspecified atom stereocenters. The Labute approximate surface area is 209 Å². The SMILES string of the molecule is CCOc1cccc(COc2c(N3CCN([S+]([O-])C(C)C)CC3)cnn(-c3ccccc3)c2=O)c1. The lowest BCUT2D eigenvalue weighted by Gasteiger charge is -2.36. The molecule has 0 bridgehead atoms. The van der Waals surface area contributed by atoms with Gasteiger partial charge in [0.2, 0.25) is 5.75 Å². The zero-order chi connectivity index (χ0) is 24.8. The van der Waals surface area contributed by atoms with E-state index in [1.807, 2.05) is 79.7 Å². The molecule has 3 aromatic rings. The Morgan fingerprint density at radius 3 is 2.46 bits per heavy atom. The topological polar surface area (TPSA) is 82.9 Å². The fourth-order valence-corrected chi connectivity index (χ4v) is 5.12. The second kappa shape index (κ2) is 11.6. The molecule has 1 atom stereocenters. The largest absolute Gasteiger partial charge is 0.598 e. The fourth-order valence-electron chi connectivity index (χ4n) is 4.00. The highest BCUT2D eigenvalue weighted by Gasteiger charge is 2.30. The van der Waals surface area contributed by atoms with Gasteiger partial charge in [-0.3, -0.25) is 4.79 Å². The van der Waals surface area contributed by atoms with Crippen LogP contribution in [0.1, 0.15) is 26.3 Å². The summed E-state index contributed by atoms with van der Waals surface area (Å²) in [6, 6.07) is 17.0. The number of rotatable bonds is 9. The molecule has 1 aliphatic heterocycles. The number of piperazine rings is 1. The molecule has 2 heterocycles. The van der Waals surface area contributed by atoms with E-state index in [2.05, 4.69) is 10.00 Å². The van der Waals surface area contributed by atoms with Crippen LogP contribution in [0.5, 0.6) is 11.5 Å². The second-order valence-electron chi connectivity index (χ2n) is 8.52. The van der Waals surface area contributed by atoms with E-state index in [-0.39, 0.29) is 23.2 Å². The van der Waals surface area contributed by atoms with Crippen LogP contribution in [0.2, 0.25) is 0 Å². The normalized spacial score (nSPS) is 15.3. The number of aromatic nitrogens is 2. The summed E-state index contributed by atoms with van der Waals surface area (Å²) in [6.45, 7) is 9.20. The van der Waals surface area contributed by atoms with Crippen LogP contribution in [0.15, 0.2) is 65.6 Å². The maximum atomic E-state index is 13.6. The molecule has 1 fully saturated rings. The van der Waals surface area contributed by atoms with Gasteiger partial charge in [-0.25, -0.2) is 0 Å². The summed E-state index contributed by atoms with van der Waals surface area (Å²) in [5, 5.41) is 4.52. The predicted octanol–water partition coefficient (Wildman–Crippen LogP) is 3.40. The third-order valence-electron chi connectivity index (χ3n) is 5.75. The van der Waals surface area contributed by atoms with E-state index in [0.717, 1.165) is 11.3 Å². The zero-order valence-electron chi connectivity index (χ0n) is 20.4. The minimum Gasteiger partial charge on any atom is -0.598 e. The molecule has 35 heavy (non-hydrogen) atoms. The first-order valence-corrected chi connectivity index (χ1v) is 13.1. The van der Waals surface area contributed by atoms with Crippen LogP contribution in [0.25, 0.3) is 5.69 Å². The molecular formula is C26H32N4O4S. The number of ether oxygens (including phenoxy) is 2. The summed E-state index contributed by atoms with van der Waals surface area (Å²) in [5.41, 5.74) is 1.91. The number of benzene rings is 2. The Balaban J connectivity index is 1.62. The van der Waals surface area contributed by atoms with Gasteiger partial charge >= 0.3 is 5.56 Å². The molecule has 0 saturated carbocycles. The van der Waals surface area contributed by atoms with Gasteiger partial charge in [0, 0.05) is 24.5 Å². The summed E-state index contributed by atoms with van der Waals surface area (Å²) in [7, 11) is 0. The summed E-state index contributed by atoms with van der Waals surface area (Å²) in [6.07, 6.45) is 1.69. The van der Waals surface area contributed by atoms with Gasteiger partial charge < -0.3 is 18.9 Å². The van der Waals surface area contributed by atoms with Crippen molar-refractivity contribution < 1.29 is 14.0 Å². The van der Waals surface area contributed by atoms with Crippen molar-refractivity contribution in [3.63, 3.8) is 0 Å². The van der Waals surface area contributed by atoms with Gasteiger partial charge in [-0.2, -0.15) is 9.78 Å². The summed E-state index contributed by atoms with van der Waals surface area (Å²) in [4.78, 5) is 15.6. The lowest BCUT2D eigenvalue weighted by Crippen LogP contribution is -2.50. The molecule has 1 aliphatic rings. The van der Waals surface area contributed by atoms with E-state index in [0.29, 0.717) is 44.2 Å². The van der Waals surface area contributed by atoms with Crippen molar-refractivity contribution in [2.45, 2.75) is 32.6 Å². The van der Waals surface area contributed by atoms with Gasteiger partial charge in [-0.15, -0.1) is 4.31 Å². The van der Waals surface area contributed by atoms with Crippen molar-refractivity contribution in [2.24, 2.45) is 0 Å². The van der Waals surface area contributed by atoms with Gasteiger partial charge in [0.1, 0.15) is 23.3 Å². The zero-order valence-corrected chi connectivity index (χ0v) is 21.2. The van der Waals surface area contributed by atoms with Gasteiger partial charge in [-0.1, -0.05) is 30.3 Å². The smallest absolute Gasteiger partial charge is 0.316 e. The van der Waals surface area contributed by atoms with Gasteiger partial charge in [0.25, 0.3) is 0 Å². The first-order chi connectivity index (χ1) is 17.0. The van der Waals surface area contributed by atoms with Crippen LogP contribution in [0.3, 0.4) is 0 Å². The summed E-state index contributed by atoms with van der Waals surface area (Å²) >= 11 is -1.02. The number of hydrogen-bond acceptors (Lipinski definition) is 7. The average Bonchev–Trinajstić information content (AvgIpc) is 2.88. The fraction of sp³-hybridized carbons (Fsp3) is 0.385.